The van der Waals surface area contributed by atoms with Crippen LogP contribution in [-0.2, 0) is 12.8 Å². The van der Waals surface area contributed by atoms with Crippen molar-refractivity contribution in [3.8, 4) is 5.75 Å². The molecule has 1 unspecified atom stereocenters. The second-order valence-corrected chi connectivity index (χ2v) is 5.04. The van der Waals surface area contributed by atoms with Gasteiger partial charge in [0.25, 0.3) is 0 Å². The van der Waals surface area contributed by atoms with E-state index in [2.05, 4.69) is 4.98 Å². The third-order valence-electron chi connectivity index (χ3n) is 3.37. The lowest BCUT2D eigenvalue weighted by Gasteiger charge is -2.14. The molecule has 0 bridgehead atoms. The van der Waals surface area contributed by atoms with Gasteiger partial charge in [-0.1, -0.05) is 13.0 Å². The fourth-order valence-electron chi connectivity index (χ4n) is 2.09. The monoisotopic (exact) mass is 288 g/mol. The molecule has 0 spiro atoms. The first kappa shape index (κ1) is 15.4. The van der Waals surface area contributed by atoms with Gasteiger partial charge in [0.1, 0.15) is 11.6 Å². The molecule has 3 nitrogen and oxygen atoms in total. The molecule has 1 heterocycles. The van der Waals surface area contributed by atoms with Gasteiger partial charge >= 0.3 is 0 Å². The summed E-state index contributed by atoms with van der Waals surface area (Å²) in [6.45, 7) is 2.53. The van der Waals surface area contributed by atoms with Crippen molar-refractivity contribution in [3.05, 3.63) is 59.7 Å². The van der Waals surface area contributed by atoms with E-state index in [0.29, 0.717) is 18.8 Å². The van der Waals surface area contributed by atoms with Crippen LogP contribution in [0, 0.1) is 5.82 Å². The molecular weight excluding hydrogens is 267 g/mol. The number of benzene rings is 1. The molecule has 0 saturated carbocycles. The third-order valence-corrected chi connectivity index (χ3v) is 3.37. The van der Waals surface area contributed by atoms with Gasteiger partial charge in [0.05, 0.1) is 6.61 Å². The highest BCUT2D eigenvalue weighted by Gasteiger charge is 2.09. The first-order valence-electron chi connectivity index (χ1n) is 7.25. The summed E-state index contributed by atoms with van der Waals surface area (Å²) >= 11 is 0. The summed E-state index contributed by atoms with van der Waals surface area (Å²) in [6.07, 6.45) is 3.95. The maximum absolute atomic E-state index is 13.4. The molecule has 0 amide bonds. The average Bonchev–Trinajstić information content (AvgIpc) is 2.50. The first-order valence-corrected chi connectivity index (χ1v) is 7.25. The van der Waals surface area contributed by atoms with Crippen molar-refractivity contribution in [3.63, 3.8) is 0 Å². The molecule has 1 aromatic carbocycles. The van der Waals surface area contributed by atoms with Crippen LogP contribution in [-0.4, -0.2) is 17.6 Å². The molecule has 21 heavy (non-hydrogen) atoms. The van der Waals surface area contributed by atoms with Crippen LogP contribution in [0.5, 0.6) is 5.75 Å². The Morgan fingerprint density at radius 3 is 2.86 bits per heavy atom. The van der Waals surface area contributed by atoms with Gasteiger partial charge in [0.2, 0.25) is 0 Å². The summed E-state index contributed by atoms with van der Waals surface area (Å²) in [7, 11) is 0. The Balaban J connectivity index is 1.98. The van der Waals surface area contributed by atoms with Crippen LogP contribution in [0.4, 0.5) is 4.39 Å². The van der Waals surface area contributed by atoms with Gasteiger partial charge in [-0.05, 0) is 48.7 Å². The van der Waals surface area contributed by atoms with Crippen LogP contribution < -0.4 is 10.5 Å². The predicted molar refractivity (Wildman–Crippen MR) is 81.8 cm³/mol. The van der Waals surface area contributed by atoms with Crippen molar-refractivity contribution in [2.75, 3.05) is 6.61 Å². The largest absolute Gasteiger partial charge is 0.493 e. The van der Waals surface area contributed by atoms with Gasteiger partial charge in [-0.3, -0.25) is 4.98 Å². The van der Waals surface area contributed by atoms with E-state index in [1.807, 2.05) is 25.1 Å². The number of rotatable bonds is 7. The van der Waals surface area contributed by atoms with E-state index in [1.54, 1.807) is 12.3 Å². The lowest BCUT2D eigenvalue weighted by Crippen LogP contribution is -2.22. The zero-order valence-corrected chi connectivity index (χ0v) is 12.3. The SMILES string of the molecule is CCC(N)Cc1cc(F)ccc1OCCc1ccccn1. The van der Waals surface area contributed by atoms with Crippen LogP contribution in [0.3, 0.4) is 0 Å². The molecule has 0 aliphatic heterocycles. The summed E-state index contributed by atoms with van der Waals surface area (Å²) in [5, 5.41) is 0. The number of halogens is 1. The Hall–Kier alpha value is -1.94. The van der Waals surface area contributed by atoms with Crippen molar-refractivity contribution in [2.45, 2.75) is 32.2 Å². The third kappa shape index (κ3) is 4.83. The molecule has 0 saturated heterocycles. The molecule has 0 fully saturated rings. The molecule has 2 N–H and O–H groups in total. The van der Waals surface area contributed by atoms with Crippen LogP contribution in [0.25, 0.3) is 0 Å². The zero-order valence-electron chi connectivity index (χ0n) is 12.3. The minimum atomic E-state index is -0.259. The molecule has 0 aliphatic carbocycles. The first-order chi connectivity index (χ1) is 10.2. The highest BCUT2D eigenvalue weighted by molar-refractivity contribution is 5.34. The Morgan fingerprint density at radius 2 is 2.14 bits per heavy atom. The van der Waals surface area contributed by atoms with Crippen molar-refractivity contribution in [1.82, 2.24) is 4.98 Å². The average molecular weight is 288 g/mol. The molecule has 2 rings (SSSR count). The number of hydrogen-bond donors (Lipinski definition) is 1. The van der Waals surface area contributed by atoms with Gasteiger partial charge in [-0.25, -0.2) is 4.39 Å². The van der Waals surface area contributed by atoms with E-state index in [4.69, 9.17) is 10.5 Å². The zero-order chi connectivity index (χ0) is 15.1. The maximum atomic E-state index is 13.4. The predicted octanol–water partition coefficient (Wildman–Crippen LogP) is 3.12. The molecule has 2 aromatic rings. The lowest BCUT2D eigenvalue weighted by atomic mass is 10.0. The summed E-state index contributed by atoms with van der Waals surface area (Å²) < 4.78 is 19.2. The quantitative estimate of drug-likeness (QED) is 0.851. The van der Waals surface area contributed by atoms with Gasteiger partial charge in [0, 0.05) is 24.4 Å². The van der Waals surface area contributed by atoms with Crippen LogP contribution >= 0.6 is 0 Å². The van der Waals surface area contributed by atoms with Gasteiger partial charge in [-0.15, -0.1) is 0 Å². The van der Waals surface area contributed by atoms with Crippen LogP contribution in [0.2, 0.25) is 0 Å². The van der Waals surface area contributed by atoms with E-state index < -0.39 is 0 Å². The Kier molecular flexibility index (Phi) is 5.69. The minimum absolute atomic E-state index is 0.0185. The molecule has 112 valence electrons. The van der Waals surface area contributed by atoms with E-state index in [1.165, 1.54) is 12.1 Å². The fraction of sp³-hybridized carbons (Fsp3) is 0.353. The van der Waals surface area contributed by atoms with Crippen LogP contribution in [0.15, 0.2) is 42.6 Å². The number of nitrogens with two attached hydrogens (primary N) is 1. The standard InChI is InChI=1S/C17H21FN2O/c1-2-15(19)12-13-11-14(18)6-7-17(13)21-10-8-16-5-3-4-9-20-16/h3-7,9,11,15H,2,8,10,12,19H2,1H3. The van der Waals surface area contributed by atoms with Gasteiger partial charge in [0.15, 0.2) is 0 Å². The topological polar surface area (TPSA) is 48.1 Å². The van der Waals surface area contributed by atoms with Gasteiger partial charge < -0.3 is 10.5 Å². The Morgan fingerprint density at radius 1 is 1.29 bits per heavy atom. The smallest absolute Gasteiger partial charge is 0.123 e. The summed E-state index contributed by atoms with van der Waals surface area (Å²) in [4.78, 5) is 4.25. The molecule has 0 aliphatic rings. The second-order valence-electron chi connectivity index (χ2n) is 5.04. The second kappa shape index (κ2) is 7.74. The molecular formula is C17H21FN2O. The van der Waals surface area contributed by atoms with E-state index >= 15 is 0 Å². The van der Waals surface area contributed by atoms with E-state index in [9.17, 15) is 4.39 Å². The fourth-order valence-corrected chi connectivity index (χ4v) is 2.09. The number of hydrogen-bond acceptors (Lipinski definition) is 3. The number of pyridine rings is 1. The Labute approximate surface area is 125 Å². The maximum Gasteiger partial charge on any atom is 0.123 e. The molecule has 4 heteroatoms. The van der Waals surface area contributed by atoms with Crippen molar-refractivity contribution >= 4 is 0 Å². The van der Waals surface area contributed by atoms with Crippen molar-refractivity contribution < 1.29 is 9.13 Å². The normalized spacial score (nSPS) is 12.1. The van der Waals surface area contributed by atoms with Gasteiger partial charge in [-0.2, -0.15) is 0 Å². The van der Waals surface area contributed by atoms with Crippen LogP contribution in [0.1, 0.15) is 24.6 Å². The minimum Gasteiger partial charge on any atom is -0.493 e. The summed E-state index contributed by atoms with van der Waals surface area (Å²) in [6, 6.07) is 10.4. The Bertz CT molecular complexity index is 560. The van der Waals surface area contributed by atoms with Crippen molar-refractivity contribution in [2.24, 2.45) is 5.73 Å². The van der Waals surface area contributed by atoms with E-state index in [0.717, 1.165) is 24.1 Å². The highest BCUT2D eigenvalue weighted by Crippen LogP contribution is 2.21. The van der Waals surface area contributed by atoms with E-state index in [-0.39, 0.29) is 11.9 Å². The summed E-state index contributed by atoms with van der Waals surface area (Å²) in [5.41, 5.74) is 7.76. The molecule has 1 aromatic heterocycles. The highest BCUT2D eigenvalue weighted by atomic mass is 19.1. The number of aromatic nitrogens is 1. The summed E-state index contributed by atoms with van der Waals surface area (Å²) in [5.74, 6) is 0.446. The van der Waals surface area contributed by atoms with Crippen molar-refractivity contribution in [1.29, 1.82) is 0 Å². The molecule has 0 radical (unpaired) electrons. The number of ether oxygens (including phenoxy) is 1. The lowest BCUT2D eigenvalue weighted by molar-refractivity contribution is 0.315. The number of nitrogens with zero attached hydrogens (tertiary/aromatic N) is 1. The molecule has 1 atom stereocenters.